The van der Waals surface area contributed by atoms with Crippen molar-refractivity contribution in [2.24, 2.45) is 5.92 Å². The molecule has 1 aliphatic heterocycles. The number of benzene rings is 1. The van der Waals surface area contributed by atoms with E-state index in [2.05, 4.69) is 5.32 Å². The first-order valence-corrected chi connectivity index (χ1v) is 8.67. The van der Waals surface area contributed by atoms with E-state index in [9.17, 15) is 4.79 Å². The molecule has 0 bridgehead atoms. The quantitative estimate of drug-likeness (QED) is 0.878. The van der Waals surface area contributed by atoms with Crippen LogP contribution in [0.15, 0.2) is 18.2 Å². The first-order chi connectivity index (χ1) is 10.5. The van der Waals surface area contributed by atoms with Gasteiger partial charge in [-0.25, -0.2) is 0 Å². The van der Waals surface area contributed by atoms with Crippen molar-refractivity contribution in [2.75, 3.05) is 26.7 Å². The van der Waals surface area contributed by atoms with Crippen molar-refractivity contribution in [3.63, 3.8) is 0 Å². The third-order valence-corrected chi connectivity index (χ3v) is 5.28. The minimum Gasteiger partial charge on any atom is -0.342 e. The molecule has 0 radical (unpaired) electrons. The molecule has 1 N–H and O–H groups in total. The number of piperidine rings is 1. The number of likely N-dealkylation sites (tertiary alicyclic amines) is 1. The number of carbonyl (C=O) groups excluding carboxylic acids is 1. The summed E-state index contributed by atoms with van der Waals surface area (Å²) in [5, 5.41) is 4.22. The molecule has 0 aliphatic carbocycles. The summed E-state index contributed by atoms with van der Waals surface area (Å²) >= 11 is 12.0. The molecule has 1 aromatic rings. The van der Waals surface area contributed by atoms with Gasteiger partial charge in [0.1, 0.15) is 0 Å². The third-order valence-electron chi connectivity index (χ3n) is 4.54. The van der Waals surface area contributed by atoms with Gasteiger partial charge in [-0.05, 0) is 63.4 Å². The van der Waals surface area contributed by atoms with E-state index in [4.69, 9.17) is 23.2 Å². The van der Waals surface area contributed by atoms with Gasteiger partial charge in [-0.2, -0.15) is 0 Å². The highest BCUT2D eigenvalue weighted by molar-refractivity contribution is 6.42. The van der Waals surface area contributed by atoms with Crippen molar-refractivity contribution in [1.29, 1.82) is 0 Å². The van der Waals surface area contributed by atoms with E-state index in [-0.39, 0.29) is 11.8 Å². The Morgan fingerprint density at radius 3 is 2.59 bits per heavy atom. The fraction of sp³-hybridized carbons (Fsp3) is 0.588. The predicted molar refractivity (Wildman–Crippen MR) is 92.7 cm³/mol. The number of nitrogens with zero attached hydrogens (tertiary/aromatic N) is 1. The number of rotatable bonds is 5. The number of hydrogen-bond acceptors (Lipinski definition) is 2. The molecule has 1 atom stereocenters. The van der Waals surface area contributed by atoms with Crippen LogP contribution in [0.2, 0.25) is 10.0 Å². The Balaban J connectivity index is 1.93. The van der Waals surface area contributed by atoms with E-state index in [1.54, 1.807) is 12.1 Å². The summed E-state index contributed by atoms with van der Waals surface area (Å²) in [6.07, 6.45) is 3.39. The van der Waals surface area contributed by atoms with Gasteiger partial charge in [-0.15, -0.1) is 0 Å². The Labute approximate surface area is 143 Å². The normalized spacial score (nSPS) is 17.5. The van der Waals surface area contributed by atoms with Crippen LogP contribution in [0.3, 0.4) is 0 Å². The van der Waals surface area contributed by atoms with Crippen LogP contribution in [0.25, 0.3) is 0 Å². The van der Waals surface area contributed by atoms with Gasteiger partial charge in [0, 0.05) is 13.1 Å². The lowest BCUT2D eigenvalue weighted by molar-refractivity contribution is -0.133. The smallest absolute Gasteiger partial charge is 0.229 e. The minimum absolute atomic E-state index is 0.177. The van der Waals surface area contributed by atoms with Crippen LogP contribution in [0, 0.1) is 5.92 Å². The SMILES string of the molecule is CNCCC1CCN(C(=O)C(C)c2ccc(Cl)c(Cl)c2)CC1. The summed E-state index contributed by atoms with van der Waals surface area (Å²) in [5.74, 6) is 0.742. The van der Waals surface area contributed by atoms with Crippen molar-refractivity contribution in [1.82, 2.24) is 10.2 Å². The van der Waals surface area contributed by atoms with Gasteiger partial charge >= 0.3 is 0 Å². The maximum atomic E-state index is 12.7. The maximum absolute atomic E-state index is 12.7. The van der Waals surface area contributed by atoms with Crippen molar-refractivity contribution in [3.8, 4) is 0 Å². The van der Waals surface area contributed by atoms with E-state index < -0.39 is 0 Å². The number of amides is 1. The summed E-state index contributed by atoms with van der Waals surface area (Å²) in [4.78, 5) is 14.6. The average Bonchev–Trinajstić information content (AvgIpc) is 2.54. The topological polar surface area (TPSA) is 32.3 Å². The summed E-state index contributed by atoms with van der Waals surface area (Å²) in [6, 6.07) is 5.44. The van der Waals surface area contributed by atoms with Crippen LogP contribution in [0.4, 0.5) is 0 Å². The molecular weight excluding hydrogens is 319 g/mol. The highest BCUT2D eigenvalue weighted by Gasteiger charge is 2.26. The van der Waals surface area contributed by atoms with Gasteiger partial charge in [0.05, 0.1) is 16.0 Å². The van der Waals surface area contributed by atoms with Gasteiger partial charge in [0.2, 0.25) is 5.91 Å². The molecular formula is C17H24Cl2N2O. The van der Waals surface area contributed by atoms with Crippen molar-refractivity contribution >= 4 is 29.1 Å². The Bertz CT molecular complexity index is 513. The van der Waals surface area contributed by atoms with Crippen LogP contribution in [-0.4, -0.2) is 37.5 Å². The lowest BCUT2D eigenvalue weighted by atomic mass is 9.92. The Kier molecular flexibility index (Phi) is 6.54. The highest BCUT2D eigenvalue weighted by atomic mass is 35.5. The molecule has 22 heavy (non-hydrogen) atoms. The molecule has 1 unspecified atom stereocenters. The Morgan fingerprint density at radius 2 is 2.00 bits per heavy atom. The summed E-state index contributed by atoms with van der Waals surface area (Å²) in [5.41, 5.74) is 0.928. The van der Waals surface area contributed by atoms with Crippen LogP contribution in [0.1, 0.15) is 37.7 Å². The molecule has 3 nitrogen and oxygen atoms in total. The lowest BCUT2D eigenvalue weighted by Gasteiger charge is -2.33. The molecule has 5 heteroatoms. The summed E-state index contributed by atoms with van der Waals surface area (Å²) < 4.78 is 0. The van der Waals surface area contributed by atoms with Gasteiger partial charge < -0.3 is 10.2 Å². The molecule has 1 saturated heterocycles. The van der Waals surface area contributed by atoms with E-state index >= 15 is 0 Å². The number of hydrogen-bond donors (Lipinski definition) is 1. The lowest BCUT2D eigenvalue weighted by Crippen LogP contribution is -2.41. The first-order valence-electron chi connectivity index (χ1n) is 7.91. The number of carbonyl (C=O) groups is 1. The van der Waals surface area contributed by atoms with Gasteiger partial charge in [-0.3, -0.25) is 4.79 Å². The van der Waals surface area contributed by atoms with E-state index in [1.807, 2.05) is 24.9 Å². The van der Waals surface area contributed by atoms with Crippen molar-refractivity contribution in [3.05, 3.63) is 33.8 Å². The molecule has 2 rings (SSSR count). The number of halogens is 2. The zero-order valence-electron chi connectivity index (χ0n) is 13.2. The molecule has 0 saturated carbocycles. The molecule has 1 aliphatic rings. The summed E-state index contributed by atoms with van der Waals surface area (Å²) in [6.45, 7) is 4.71. The van der Waals surface area contributed by atoms with Crippen molar-refractivity contribution in [2.45, 2.75) is 32.1 Å². The highest BCUT2D eigenvalue weighted by Crippen LogP contribution is 2.29. The first kappa shape index (κ1) is 17.6. The fourth-order valence-electron chi connectivity index (χ4n) is 2.99. The molecule has 0 spiro atoms. The van der Waals surface area contributed by atoms with Crippen LogP contribution in [-0.2, 0) is 4.79 Å². The molecule has 1 heterocycles. The third kappa shape index (κ3) is 4.37. The van der Waals surface area contributed by atoms with E-state index in [1.165, 1.54) is 6.42 Å². The minimum atomic E-state index is -0.177. The molecule has 1 aromatic carbocycles. The van der Waals surface area contributed by atoms with Crippen LogP contribution >= 0.6 is 23.2 Å². The second-order valence-corrected chi connectivity index (χ2v) is 6.87. The molecule has 1 fully saturated rings. The zero-order chi connectivity index (χ0) is 16.1. The van der Waals surface area contributed by atoms with Gasteiger partial charge in [0.15, 0.2) is 0 Å². The fourth-order valence-corrected chi connectivity index (χ4v) is 3.30. The Hall–Kier alpha value is -0.770. The van der Waals surface area contributed by atoms with Gasteiger partial charge in [0.25, 0.3) is 0 Å². The maximum Gasteiger partial charge on any atom is 0.229 e. The van der Waals surface area contributed by atoms with E-state index in [0.29, 0.717) is 10.0 Å². The monoisotopic (exact) mass is 342 g/mol. The van der Waals surface area contributed by atoms with E-state index in [0.717, 1.165) is 44.0 Å². The second kappa shape index (κ2) is 8.19. The molecule has 0 aromatic heterocycles. The molecule has 1 amide bonds. The standard InChI is InChI=1S/C17H24Cl2N2O/c1-12(14-3-4-15(18)16(19)11-14)17(22)21-9-6-13(7-10-21)5-8-20-2/h3-4,11-13,20H,5-10H2,1-2H3. The zero-order valence-corrected chi connectivity index (χ0v) is 14.8. The van der Waals surface area contributed by atoms with Crippen LogP contribution < -0.4 is 5.32 Å². The second-order valence-electron chi connectivity index (χ2n) is 6.06. The van der Waals surface area contributed by atoms with Gasteiger partial charge in [-0.1, -0.05) is 29.3 Å². The molecule has 122 valence electrons. The average molecular weight is 343 g/mol. The Morgan fingerprint density at radius 1 is 1.32 bits per heavy atom. The largest absolute Gasteiger partial charge is 0.342 e. The van der Waals surface area contributed by atoms with Crippen molar-refractivity contribution < 1.29 is 4.79 Å². The summed E-state index contributed by atoms with van der Waals surface area (Å²) in [7, 11) is 1.98. The predicted octanol–water partition coefficient (Wildman–Crippen LogP) is 3.95. The van der Waals surface area contributed by atoms with Crippen LogP contribution in [0.5, 0.6) is 0 Å². The number of nitrogens with one attached hydrogen (secondary N) is 1.